The third kappa shape index (κ3) is 5.95. The van der Waals surface area contributed by atoms with Crippen LogP contribution in [0.1, 0.15) is 29.3 Å². The minimum absolute atomic E-state index is 0. The summed E-state index contributed by atoms with van der Waals surface area (Å²) < 4.78 is 5.47. The standard InChI is InChI=1S/C22H23N3O2S.2ClH/c1-2-27-20-7-5-16(6-8-20)22-25-19(14-28-22)10-21(26)24-11-15-3-4-17-12-23-13-18(17)9-15;;/h3-9,14,23H,2,10-13H2,1H3,(H,24,26);2*1H. The number of hydrogen-bond acceptors (Lipinski definition) is 5. The summed E-state index contributed by atoms with van der Waals surface area (Å²) in [7, 11) is 0. The summed E-state index contributed by atoms with van der Waals surface area (Å²) in [5, 5.41) is 9.20. The summed E-state index contributed by atoms with van der Waals surface area (Å²) in [6, 6.07) is 14.3. The normalized spacial score (nSPS) is 11.8. The van der Waals surface area contributed by atoms with Crippen molar-refractivity contribution in [1.82, 2.24) is 15.6 Å². The number of carbonyl (C=O) groups excluding carboxylic acids is 1. The van der Waals surface area contributed by atoms with Crippen LogP contribution in [-0.2, 0) is 30.8 Å². The van der Waals surface area contributed by atoms with Gasteiger partial charge in [0, 0.05) is 30.6 Å². The van der Waals surface area contributed by atoms with Crippen LogP contribution in [0.25, 0.3) is 10.6 Å². The Morgan fingerprint density at radius 3 is 2.67 bits per heavy atom. The van der Waals surface area contributed by atoms with E-state index >= 15 is 0 Å². The van der Waals surface area contributed by atoms with Crippen LogP contribution >= 0.6 is 36.2 Å². The minimum atomic E-state index is -0.0119. The van der Waals surface area contributed by atoms with Gasteiger partial charge in [0.15, 0.2) is 0 Å². The molecule has 5 nitrogen and oxygen atoms in total. The second kappa shape index (κ2) is 11.3. The molecule has 2 N–H and O–H groups in total. The first-order chi connectivity index (χ1) is 13.7. The summed E-state index contributed by atoms with van der Waals surface area (Å²) in [5.74, 6) is 0.840. The largest absolute Gasteiger partial charge is 0.494 e. The number of nitrogens with one attached hydrogen (secondary N) is 2. The molecule has 1 aliphatic heterocycles. The molecule has 0 atom stereocenters. The van der Waals surface area contributed by atoms with Crippen molar-refractivity contribution in [1.29, 1.82) is 0 Å². The number of rotatable bonds is 7. The predicted octanol–water partition coefficient (Wildman–Crippen LogP) is 4.51. The number of nitrogens with zero attached hydrogens (tertiary/aromatic N) is 1. The molecule has 1 aromatic heterocycles. The average molecular weight is 466 g/mol. The van der Waals surface area contributed by atoms with Gasteiger partial charge in [-0.15, -0.1) is 36.2 Å². The Kier molecular flexibility index (Phi) is 9.11. The van der Waals surface area contributed by atoms with Gasteiger partial charge in [-0.2, -0.15) is 0 Å². The van der Waals surface area contributed by atoms with Gasteiger partial charge in [0.2, 0.25) is 5.91 Å². The minimum Gasteiger partial charge on any atom is -0.494 e. The van der Waals surface area contributed by atoms with Crippen LogP contribution < -0.4 is 15.4 Å². The van der Waals surface area contributed by atoms with E-state index in [9.17, 15) is 4.79 Å². The zero-order valence-electron chi connectivity index (χ0n) is 16.6. The number of carbonyl (C=O) groups is 1. The molecule has 2 heterocycles. The van der Waals surface area contributed by atoms with Crippen LogP contribution in [0.15, 0.2) is 47.8 Å². The molecular formula is C22H25Cl2N3O2S. The summed E-state index contributed by atoms with van der Waals surface area (Å²) in [5.41, 5.74) is 5.63. The molecule has 3 aromatic rings. The van der Waals surface area contributed by atoms with Crippen molar-refractivity contribution in [2.24, 2.45) is 0 Å². The van der Waals surface area contributed by atoms with Crippen LogP contribution in [-0.4, -0.2) is 17.5 Å². The topological polar surface area (TPSA) is 63.2 Å². The van der Waals surface area contributed by atoms with Crippen molar-refractivity contribution in [3.63, 3.8) is 0 Å². The van der Waals surface area contributed by atoms with Gasteiger partial charge in [-0.25, -0.2) is 4.98 Å². The molecule has 2 aromatic carbocycles. The lowest BCUT2D eigenvalue weighted by Crippen LogP contribution is -2.24. The summed E-state index contributed by atoms with van der Waals surface area (Å²) >= 11 is 1.55. The molecule has 0 aliphatic carbocycles. The fraction of sp³-hybridized carbons (Fsp3) is 0.273. The first kappa shape index (κ1) is 24.2. The number of aromatic nitrogens is 1. The molecule has 0 saturated carbocycles. The van der Waals surface area contributed by atoms with Crippen LogP contribution in [0.4, 0.5) is 0 Å². The quantitative estimate of drug-likeness (QED) is 0.538. The maximum Gasteiger partial charge on any atom is 0.226 e. The van der Waals surface area contributed by atoms with E-state index in [-0.39, 0.29) is 30.7 Å². The van der Waals surface area contributed by atoms with Crippen molar-refractivity contribution >= 4 is 42.1 Å². The maximum absolute atomic E-state index is 12.3. The molecule has 0 bridgehead atoms. The average Bonchev–Trinajstić information content (AvgIpc) is 3.36. The highest BCUT2D eigenvalue weighted by molar-refractivity contribution is 7.13. The fourth-order valence-electron chi connectivity index (χ4n) is 3.27. The van der Waals surface area contributed by atoms with E-state index in [0.29, 0.717) is 19.6 Å². The molecule has 0 unspecified atom stereocenters. The first-order valence-corrected chi connectivity index (χ1v) is 10.3. The number of amides is 1. The highest BCUT2D eigenvalue weighted by Crippen LogP contribution is 2.26. The highest BCUT2D eigenvalue weighted by atomic mass is 35.5. The Morgan fingerprint density at radius 1 is 1.13 bits per heavy atom. The fourth-order valence-corrected chi connectivity index (χ4v) is 4.09. The molecule has 0 radical (unpaired) electrons. The first-order valence-electron chi connectivity index (χ1n) is 9.47. The summed E-state index contributed by atoms with van der Waals surface area (Å²) in [4.78, 5) is 16.9. The molecule has 0 fully saturated rings. The molecule has 8 heteroatoms. The Morgan fingerprint density at radius 2 is 1.90 bits per heavy atom. The van der Waals surface area contributed by atoms with Crippen molar-refractivity contribution in [2.75, 3.05) is 6.61 Å². The molecule has 0 saturated heterocycles. The van der Waals surface area contributed by atoms with E-state index in [1.54, 1.807) is 11.3 Å². The lowest BCUT2D eigenvalue weighted by molar-refractivity contribution is -0.120. The third-order valence-electron chi connectivity index (χ3n) is 4.70. The highest BCUT2D eigenvalue weighted by Gasteiger charge is 2.12. The van der Waals surface area contributed by atoms with Crippen LogP contribution in [0.2, 0.25) is 0 Å². The van der Waals surface area contributed by atoms with Gasteiger partial charge in [-0.1, -0.05) is 18.2 Å². The molecule has 160 valence electrons. The van der Waals surface area contributed by atoms with Gasteiger partial charge in [0.25, 0.3) is 0 Å². The van der Waals surface area contributed by atoms with Crippen LogP contribution in [0.3, 0.4) is 0 Å². The maximum atomic E-state index is 12.3. The van der Waals surface area contributed by atoms with E-state index in [1.807, 2.05) is 36.6 Å². The summed E-state index contributed by atoms with van der Waals surface area (Å²) in [6.45, 7) is 5.00. The van der Waals surface area contributed by atoms with Crippen LogP contribution in [0.5, 0.6) is 5.75 Å². The van der Waals surface area contributed by atoms with Crippen molar-refractivity contribution in [3.8, 4) is 16.3 Å². The lowest BCUT2D eigenvalue weighted by Gasteiger charge is -2.06. The van der Waals surface area contributed by atoms with Crippen molar-refractivity contribution < 1.29 is 9.53 Å². The molecule has 0 spiro atoms. The third-order valence-corrected chi connectivity index (χ3v) is 5.64. The van der Waals surface area contributed by atoms with E-state index in [4.69, 9.17) is 4.74 Å². The van der Waals surface area contributed by atoms with Gasteiger partial charge >= 0.3 is 0 Å². The zero-order chi connectivity index (χ0) is 19.3. The van der Waals surface area contributed by atoms with Gasteiger partial charge in [-0.3, -0.25) is 4.79 Å². The molecule has 1 amide bonds. The molecule has 30 heavy (non-hydrogen) atoms. The van der Waals surface area contributed by atoms with E-state index in [1.165, 1.54) is 11.1 Å². The smallest absolute Gasteiger partial charge is 0.226 e. The number of fused-ring (bicyclic) bond motifs is 1. The Hall–Kier alpha value is -2.12. The van der Waals surface area contributed by atoms with Gasteiger partial charge in [-0.05, 0) is 47.9 Å². The van der Waals surface area contributed by atoms with Crippen molar-refractivity contribution in [2.45, 2.75) is 33.0 Å². The van der Waals surface area contributed by atoms with Gasteiger partial charge in [0.1, 0.15) is 10.8 Å². The van der Waals surface area contributed by atoms with Crippen molar-refractivity contribution in [3.05, 3.63) is 70.2 Å². The van der Waals surface area contributed by atoms with E-state index in [2.05, 4.69) is 33.8 Å². The van der Waals surface area contributed by atoms with Gasteiger partial charge < -0.3 is 15.4 Å². The second-order valence-corrected chi connectivity index (χ2v) is 7.62. The van der Waals surface area contributed by atoms with Crippen LogP contribution in [0, 0.1) is 0 Å². The Labute approximate surface area is 193 Å². The molecule has 4 rings (SSSR count). The Balaban J connectivity index is 0.00000160. The molecule has 1 aliphatic rings. The van der Waals surface area contributed by atoms with Gasteiger partial charge in [0.05, 0.1) is 18.7 Å². The summed E-state index contributed by atoms with van der Waals surface area (Å²) in [6.07, 6.45) is 0.292. The Bertz CT molecular complexity index is 977. The number of halogens is 2. The predicted molar refractivity (Wildman–Crippen MR) is 126 cm³/mol. The zero-order valence-corrected chi connectivity index (χ0v) is 19.1. The SMILES string of the molecule is CCOc1ccc(-c2nc(CC(=O)NCc3ccc4c(c3)CNC4)cs2)cc1.Cl.Cl. The lowest BCUT2D eigenvalue weighted by atomic mass is 10.1. The number of benzene rings is 2. The monoisotopic (exact) mass is 465 g/mol. The van der Waals surface area contributed by atoms with E-state index in [0.717, 1.165) is 40.7 Å². The number of thiazole rings is 1. The molecular weight excluding hydrogens is 441 g/mol. The van der Waals surface area contributed by atoms with E-state index < -0.39 is 0 Å². The second-order valence-electron chi connectivity index (χ2n) is 6.76. The number of ether oxygens (including phenoxy) is 1. The number of hydrogen-bond donors (Lipinski definition) is 2.